The van der Waals surface area contributed by atoms with Crippen molar-refractivity contribution in [2.24, 2.45) is 0 Å². The van der Waals surface area contributed by atoms with E-state index in [-0.39, 0.29) is 0 Å². The molecule has 16 heavy (non-hydrogen) atoms. The Bertz CT molecular complexity index is 282. The predicted molar refractivity (Wildman–Crippen MR) is 67.4 cm³/mol. The Morgan fingerprint density at radius 2 is 2.19 bits per heavy atom. The molecule has 0 amide bonds. The van der Waals surface area contributed by atoms with E-state index in [1.54, 1.807) is 0 Å². The molecule has 0 saturated carbocycles. The molecule has 0 unspecified atom stereocenters. The number of nitrogens with one attached hydrogen (secondary N) is 1. The lowest BCUT2D eigenvalue weighted by Gasteiger charge is -2.15. The van der Waals surface area contributed by atoms with Crippen LogP contribution in [0.4, 0.5) is 0 Å². The Morgan fingerprint density at radius 3 is 2.81 bits per heavy atom. The molecule has 0 fully saturated rings. The molecular weight excluding hydrogens is 200 g/mol. The van der Waals surface area contributed by atoms with Gasteiger partial charge in [-0.1, -0.05) is 6.92 Å². The molecule has 1 rings (SSSR count). The van der Waals surface area contributed by atoms with Crippen molar-refractivity contribution in [3.63, 3.8) is 0 Å². The van der Waals surface area contributed by atoms with Crippen LogP contribution in [0.2, 0.25) is 0 Å². The van der Waals surface area contributed by atoms with Crippen LogP contribution in [0.1, 0.15) is 25.8 Å². The molecule has 1 heterocycles. The first-order valence-corrected chi connectivity index (χ1v) is 6.16. The van der Waals surface area contributed by atoms with Crippen LogP contribution in [0, 0.1) is 0 Å². The number of hydrogen-bond donors (Lipinski definition) is 1. The number of hydrogen-bond acceptors (Lipinski definition) is 3. The van der Waals surface area contributed by atoms with Crippen LogP contribution >= 0.6 is 0 Å². The van der Waals surface area contributed by atoms with Crippen LogP contribution in [-0.2, 0) is 13.1 Å². The average molecular weight is 224 g/mol. The second kappa shape index (κ2) is 7.41. The largest absolute Gasteiger partial charge is 0.315 e. The molecule has 4 heteroatoms. The van der Waals surface area contributed by atoms with Crippen LogP contribution in [-0.4, -0.2) is 41.4 Å². The van der Waals surface area contributed by atoms with Gasteiger partial charge in [-0.3, -0.25) is 4.68 Å². The highest BCUT2D eigenvalue weighted by molar-refractivity contribution is 5.03. The fraction of sp³-hybridized carbons (Fsp3) is 0.750. The Hall–Kier alpha value is -0.870. The van der Waals surface area contributed by atoms with E-state index in [2.05, 4.69) is 42.4 Å². The van der Waals surface area contributed by atoms with Crippen molar-refractivity contribution in [3.05, 3.63) is 18.0 Å². The van der Waals surface area contributed by atoms with Gasteiger partial charge in [-0.15, -0.1) is 0 Å². The first-order chi connectivity index (χ1) is 7.76. The number of nitrogens with zero attached hydrogens (tertiary/aromatic N) is 3. The quantitative estimate of drug-likeness (QED) is 0.676. The fourth-order valence-electron chi connectivity index (χ4n) is 1.62. The number of aryl methyl sites for hydroxylation is 1. The molecule has 0 spiro atoms. The summed E-state index contributed by atoms with van der Waals surface area (Å²) >= 11 is 0. The Balaban J connectivity index is 2.20. The molecule has 0 aliphatic heterocycles. The van der Waals surface area contributed by atoms with E-state index < -0.39 is 0 Å². The van der Waals surface area contributed by atoms with Gasteiger partial charge in [0.1, 0.15) is 0 Å². The third-order valence-corrected chi connectivity index (χ3v) is 2.56. The standard InChI is InChI=1S/C12H24N4/c1-4-6-13-7-8-15(3)10-12-9-14-16(5-2)11-12/h9,11,13H,4-8,10H2,1-3H3. The third kappa shape index (κ3) is 4.77. The topological polar surface area (TPSA) is 33.1 Å². The summed E-state index contributed by atoms with van der Waals surface area (Å²) in [5.74, 6) is 0. The minimum atomic E-state index is 0.946. The molecule has 0 saturated heterocycles. The van der Waals surface area contributed by atoms with Crippen molar-refractivity contribution < 1.29 is 0 Å². The van der Waals surface area contributed by atoms with Gasteiger partial charge in [0.2, 0.25) is 0 Å². The summed E-state index contributed by atoms with van der Waals surface area (Å²) in [6.07, 6.45) is 5.28. The highest BCUT2D eigenvalue weighted by atomic mass is 15.3. The highest BCUT2D eigenvalue weighted by Gasteiger charge is 2.02. The summed E-state index contributed by atoms with van der Waals surface area (Å²) < 4.78 is 1.97. The lowest BCUT2D eigenvalue weighted by atomic mass is 10.3. The van der Waals surface area contributed by atoms with Crippen LogP contribution < -0.4 is 5.32 Å². The molecular formula is C12H24N4. The molecule has 0 aromatic carbocycles. The average Bonchev–Trinajstić information content (AvgIpc) is 2.72. The minimum absolute atomic E-state index is 0.946. The van der Waals surface area contributed by atoms with Crippen LogP contribution in [0.15, 0.2) is 12.4 Å². The lowest BCUT2D eigenvalue weighted by Crippen LogP contribution is -2.29. The van der Waals surface area contributed by atoms with Gasteiger partial charge in [-0.25, -0.2) is 0 Å². The van der Waals surface area contributed by atoms with Crippen molar-refractivity contribution in [2.75, 3.05) is 26.7 Å². The number of likely N-dealkylation sites (N-methyl/N-ethyl adjacent to an activating group) is 1. The van der Waals surface area contributed by atoms with Crippen molar-refractivity contribution in [1.82, 2.24) is 20.0 Å². The summed E-state index contributed by atoms with van der Waals surface area (Å²) in [6.45, 7) is 9.48. The maximum absolute atomic E-state index is 4.27. The molecule has 0 bridgehead atoms. The van der Waals surface area contributed by atoms with E-state index >= 15 is 0 Å². The zero-order chi connectivity index (χ0) is 11.8. The molecule has 4 nitrogen and oxygen atoms in total. The number of aromatic nitrogens is 2. The molecule has 1 N–H and O–H groups in total. The fourth-order valence-corrected chi connectivity index (χ4v) is 1.62. The second-order valence-corrected chi connectivity index (χ2v) is 4.19. The summed E-state index contributed by atoms with van der Waals surface area (Å²) in [4.78, 5) is 2.32. The van der Waals surface area contributed by atoms with Crippen LogP contribution in [0.25, 0.3) is 0 Å². The molecule has 0 radical (unpaired) electrons. The first-order valence-electron chi connectivity index (χ1n) is 6.16. The molecule has 92 valence electrons. The van der Waals surface area contributed by atoms with E-state index in [1.807, 2.05) is 10.9 Å². The summed E-state index contributed by atoms with van der Waals surface area (Å²) in [5.41, 5.74) is 1.29. The van der Waals surface area contributed by atoms with E-state index in [0.29, 0.717) is 0 Å². The summed E-state index contributed by atoms with van der Waals surface area (Å²) in [5, 5.41) is 7.68. The van der Waals surface area contributed by atoms with Gasteiger partial charge in [0.05, 0.1) is 6.20 Å². The third-order valence-electron chi connectivity index (χ3n) is 2.56. The van der Waals surface area contributed by atoms with Gasteiger partial charge in [0, 0.05) is 37.9 Å². The zero-order valence-electron chi connectivity index (χ0n) is 10.7. The van der Waals surface area contributed by atoms with Gasteiger partial charge in [0.25, 0.3) is 0 Å². The maximum Gasteiger partial charge on any atom is 0.0534 e. The van der Waals surface area contributed by atoms with E-state index in [0.717, 1.165) is 32.7 Å². The monoisotopic (exact) mass is 224 g/mol. The molecule has 1 aromatic rings. The Morgan fingerprint density at radius 1 is 1.38 bits per heavy atom. The van der Waals surface area contributed by atoms with E-state index in [9.17, 15) is 0 Å². The highest BCUT2D eigenvalue weighted by Crippen LogP contribution is 2.01. The molecule has 0 atom stereocenters. The van der Waals surface area contributed by atoms with Gasteiger partial charge in [-0.2, -0.15) is 5.10 Å². The maximum atomic E-state index is 4.27. The molecule has 1 aromatic heterocycles. The van der Waals surface area contributed by atoms with Gasteiger partial charge < -0.3 is 10.2 Å². The van der Waals surface area contributed by atoms with Gasteiger partial charge in [0.15, 0.2) is 0 Å². The van der Waals surface area contributed by atoms with Gasteiger partial charge in [-0.05, 0) is 26.9 Å². The Labute approximate surface area is 98.6 Å². The van der Waals surface area contributed by atoms with E-state index in [4.69, 9.17) is 0 Å². The van der Waals surface area contributed by atoms with E-state index in [1.165, 1.54) is 12.0 Å². The predicted octanol–water partition coefficient (Wildman–Crippen LogP) is 1.33. The minimum Gasteiger partial charge on any atom is -0.315 e. The van der Waals surface area contributed by atoms with Gasteiger partial charge >= 0.3 is 0 Å². The summed E-state index contributed by atoms with van der Waals surface area (Å²) in [7, 11) is 2.15. The normalized spacial score (nSPS) is 11.2. The first kappa shape index (κ1) is 13.2. The molecule has 0 aliphatic rings. The number of rotatable bonds is 8. The Kier molecular flexibility index (Phi) is 6.11. The summed E-state index contributed by atoms with van der Waals surface area (Å²) in [6, 6.07) is 0. The second-order valence-electron chi connectivity index (χ2n) is 4.19. The van der Waals surface area contributed by atoms with Crippen molar-refractivity contribution in [2.45, 2.75) is 33.4 Å². The zero-order valence-corrected chi connectivity index (χ0v) is 10.7. The van der Waals surface area contributed by atoms with Crippen molar-refractivity contribution in [1.29, 1.82) is 0 Å². The van der Waals surface area contributed by atoms with Crippen LogP contribution in [0.3, 0.4) is 0 Å². The molecule has 0 aliphatic carbocycles. The smallest absolute Gasteiger partial charge is 0.0534 e. The van der Waals surface area contributed by atoms with Crippen molar-refractivity contribution in [3.8, 4) is 0 Å². The lowest BCUT2D eigenvalue weighted by molar-refractivity contribution is 0.324. The van der Waals surface area contributed by atoms with Crippen LogP contribution in [0.5, 0.6) is 0 Å². The SMILES string of the molecule is CCCNCCN(C)Cc1cnn(CC)c1. The van der Waals surface area contributed by atoms with Crippen molar-refractivity contribution >= 4 is 0 Å².